The Morgan fingerprint density at radius 3 is 1.07 bits per heavy atom. The van der Waals surface area contributed by atoms with E-state index >= 15 is 0 Å². The average Bonchev–Trinajstić information content (AvgIpc) is 2.96. The molecule has 40 heavy (non-hydrogen) atoms. The second-order valence-corrected chi connectivity index (χ2v) is 12.6. The monoisotopic (exact) mass is 563 g/mol. The van der Waals surface area contributed by atoms with Gasteiger partial charge in [0, 0.05) is 6.42 Å². The van der Waals surface area contributed by atoms with Gasteiger partial charge in [-0.25, -0.2) is 0 Å². The van der Waals surface area contributed by atoms with Gasteiger partial charge in [-0.2, -0.15) is 0 Å². The van der Waals surface area contributed by atoms with Crippen LogP contribution in [0.4, 0.5) is 0 Å². The lowest BCUT2D eigenvalue weighted by Crippen LogP contribution is -2.05. The first kappa shape index (κ1) is 39.2. The molecule has 0 saturated heterocycles. The Morgan fingerprint density at radius 2 is 0.700 bits per heavy atom. The number of allylic oxidation sites excluding steroid dienone is 2. The van der Waals surface area contributed by atoms with Crippen LogP contribution >= 0.6 is 0 Å². The van der Waals surface area contributed by atoms with Crippen molar-refractivity contribution in [2.24, 2.45) is 0 Å². The van der Waals surface area contributed by atoms with Crippen molar-refractivity contribution in [2.45, 2.75) is 219 Å². The summed E-state index contributed by atoms with van der Waals surface area (Å²) >= 11 is 0. The average molecular weight is 563 g/mol. The summed E-state index contributed by atoms with van der Waals surface area (Å²) in [7, 11) is 0. The molecule has 0 unspecified atom stereocenters. The maximum atomic E-state index is 11.9. The van der Waals surface area contributed by atoms with Crippen molar-refractivity contribution in [1.29, 1.82) is 0 Å². The molecule has 0 fully saturated rings. The van der Waals surface area contributed by atoms with E-state index in [0.29, 0.717) is 13.0 Å². The molecule has 0 amide bonds. The van der Waals surface area contributed by atoms with Gasteiger partial charge < -0.3 is 4.74 Å². The van der Waals surface area contributed by atoms with Crippen molar-refractivity contribution in [3.63, 3.8) is 0 Å². The third kappa shape index (κ3) is 35.2. The minimum absolute atomic E-state index is 0.0238. The van der Waals surface area contributed by atoms with Crippen LogP contribution in [0.25, 0.3) is 0 Å². The number of ether oxygens (including phenoxy) is 1. The zero-order valence-corrected chi connectivity index (χ0v) is 27.8. The number of carbonyl (C=O) groups is 1. The lowest BCUT2D eigenvalue weighted by molar-refractivity contribution is -0.143. The number of hydrogen-bond donors (Lipinski definition) is 0. The molecule has 0 N–H and O–H groups in total. The lowest BCUT2D eigenvalue weighted by atomic mass is 10.0. The van der Waals surface area contributed by atoms with Crippen LogP contribution < -0.4 is 0 Å². The van der Waals surface area contributed by atoms with Gasteiger partial charge in [-0.05, 0) is 38.5 Å². The van der Waals surface area contributed by atoms with E-state index < -0.39 is 0 Å². The topological polar surface area (TPSA) is 26.3 Å². The van der Waals surface area contributed by atoms with E-state index in [0.717, 1.165) is 12.8 Å². The standard InChI is InChI=1S/C38H74O2/c1-3-5-7-9-11-13-15-17-19-20-21-22-23-24-26-28-30-32-34-36-38(39)40-37-35-33-31-29-27-25-18-16-14-12-10-8-6-4-2/h17,19H,3-16,18,20-37H2,1-2H3. The Bertz CT molecular complexity index is 498. The molecule has 2 nitrogen and oxygen atoms in total. The Balaban J connectivity index is 3.18. The summed E-state index contributed by atoms with van der Waals surface area (Å²) in [6.45, 7) is 5.20. The Labute approximate surface area is 253 Å². The molecule has 0 aromatic heterocycles. The molecule has 0 heterocycles. The van der Waals surface area contributed by atoms with Gasteiger partial charge in [0.2, 0.25) is 0 Å². The van der Waals surface area contributed by atoms with E-state index in [1.165, 1.54) is 186 Å². The van der Waals surface area contributed by atoms with Gasteiger partial charge >= 0.3 is 5.97 Å². The van der Waals surface area contributed by atoms with Crippen LogP contribution in [0.5, 0.6) is 0 Å². The molecular weight excluding hydrogens is 488 g/mol. The molecule has 0 saturated carbocycles. The minimum atomic E-state index is 0.0238. The Morgan fingerprint density at radius 1 is 0.400 bits per heavy atom. The van der Waals surface area contributed by atoms with Gasteiger partial charge in [0.1, 0.15) is 0 Å². The van der Waals surface area contributed by atoms with Crippen LogP contribution in [-0.2, 0) is 9.53 Å². The highest BCUT2D eigenvalue weighted by molar-refractivity contribution is 5.69. The van der Waals surface area contributed by atoms with E-state index in [4.69, 9.17) is 4.74 Å². The van der Waals surface area contributed by atoms with Crippen LogP contribution in [0.2, 0.25) is 0 Å². The number of esters is 1. The zero-order valence-electron chi connectivity index (χ0n) is 27.8. The molecule has 0 aliphatic rings. The van der Waals surface area contributed by atoms with Crippen molar-refractivity contribution in [3.8, 4) is 0 Å². The predicted octanol–water partition coefficient (Wildman–Crippen LogP) is 13.6. The molecule has 0 spiro atoms. The first-order valence-electron chi connectivity index (χ1n) is 18.6. The first-order chi connectivity index (χ1) is 19.8. The fourth-order valence-electron chi connectivity index (χ4n) is 5.60. The second kappa shape index (κ2) is 36.2. The van der Waals surface area contributed by atoms with Crippen molar-refractivity contribution in [2.75, 3.05) is 6.61 Å². The quantitative estimate of drug-likeness (QED) is 0.0443. The molecular formula is C38H74O2. The molecule has 0 aromatic carbocycles. The van der Waals surface area contributed by atoms with Crippen molar-refractivity contribution >= 4 is 5.97 Å². The SMILES string of the molecule is CCCCCCCCC=CCCCCCCCCCCCC(=O)OCCCCCCCCCCCCCCCC. The molecule has 0 atom stereocenters. The number of hydrogen-bond acceptors (Lipinski definition) is 2. The molecule has 0 bridgehead atoms. The van der Waals surface area contributed by atoms with Gasteiger partial charge in [0.15, 0.2) is 0 Å². The van der Waals surface area contributed by atoms with Crippen LogP contribution in [0, 0.1) is 0 Å². The molecule has 0 aromatic rings. The third-order valence-electron chi connectivity index (χ3n) is 8.40. The molecule has 238 valence electrons. The van der Waals surface area contributed by atoms with Crippen LogP contribution in [-0.4, -0.2) is 12.6 Å². The molecule has 0 aliphatic carbocycles. The smallest absolute Gasteiger partial charge is 0.305 e. The van der Waals surface area contributed by atoms with E-state index in [1.807, 2.05) is 0 Å². The number of rotatable bonds is 34. The van der Waals surface area contributed by atoms with Crippen molar-refractivity contribution in [3.05, 3.63) is 12.2 Å². The zero-order chi connectivity index (χ0) is 29.0. The maximum absolute atomic E-state index is 11.9. The summed E-state index contributed by atoms with van der Waals surface area (Å²) in [5.74, 6) is 0.0238. The number of unbranched alkanes of at least 4 members (excludes halogenated alkanes) is 28. The first-order valence-corrected chi connectivity index (χ1v) is 18.6. The highest BCUT2D eigenvalue weighted by Crippen LogP contribution is 2.14. The third-order valence-corrected chi connectivity index (χ3v) is 8.40. The van der Waals surface area contributed by atoms with Crippen LogP contribution in [0.1, 0.15) is 219 Å². The molecule has 0 rings (SSSR count). The van der Waals surface area contributed by atoms with Crippen LogP contribution in [0.15, 0.2) is 12.2 Å². The van der Waals surface area contributed by atoms with E-state index in [1.54, 1.807) is 0 Å². The second-order valence-electron chi connectivity index (χ2n) is 12.6. The van der Waals surface area contributed by atoms with Crippen LogP contribution in [0.3, 0.4) is 0 Å². The van der Waals surface area contributed by atoms with Gasteiger partial charge in [-0.1, -0.05) is 187 Å². The van der Waals surface area contributed by atoms with Gasteiger partial charge in [0.05, 0.1) is 6.61 Å². The van der Waals surface area contributed by atoms with Crippen molar-refractivity contribution < 1.29 is 9.53 Å². The summed E-state index contributed by atoms with van der Waals surface area (Å²) in [6.07, 6.45) is 47.1. The summed E-state index contributed by atoms with van der Waals surface area (Å²) in [6, 6.07) is 0. The summed E-state index contributed by atoms with van der Waals surface area (Å²) in [5.41, 5.74) is 0. The number of carbonyl (C=O) groups excluding carboxylic acids is 1. The summed E-state index contributed by atoms with van der Waals surface area (Å²) in [4.78, 5) is 11.9. The molecule has 2 heteroatoms. The highest BCUT2D eigenvalue weighted by atomic mass is 16.5. The van der Waals surface area contributed by atoms with E-state index in [9.17, 15) is 4.79 Å². The maximum Gasteiger partial charge on any atom is 0.305 e. The molecule has 0 aliphatic heterocycles. The highest BCUT2D eigenvalue weighted by Gasteiger charge is 2.02. The van der Waals surface area contributed by atoms with Gasteiger partial charge in [-0.15, -0.1) is 0 Å². The predicted molar refractivity (Wildman–Crippen MR) is 179 cm³/mol. The minimum Gasteiger partial charge on any atom is -0.466 e. The Kier molecular flexibility index (Phi) is 35.5. The van der Waals surface area contributed by atoms with Gasteiger partial charge in [-0.3, -0.25) is 4.79 Å². The summed E-state index contributed by atoms with van der Waals surface area (Å²) in [5, 5.41) is 0. The Hall–Kier alpha value is -0.790. The molecule has 0 radical (unpaired) electrons. The van der Waals surface area contributed by atoms with E-state index in [2.05, 4.69) is 26.0 Å². The fourth-order valence-corrected chi connectivity index (χ4v) is 5.60. The fraction of sp³-hybridized carbons (Fsp3) is 0.921. The summed E-state index contributed by atoms with van der Waals surface area (Å²) < 4.78 is 5.44. The van der Waals surface area contributed by atoms with Crippen molar-refractivity contribution in [1.82, 2.24) is 0 Å². The normalized spacial score (nSPS) is 11.6. The van der Waals surface area contributed by atoms with E-state index in [-0.39, 0.29) is 5.97 Å². The van der Waals surface area contributed by atoms with Gasteiger partial charge in [0.25, 0.3) is 0 Å². The lowest BCUT2D eigenvalue weighted by Gasteiger charge is -2.06. The largest absolute Gasteiger partial charge is 0.466 e.